The Morgan fingerprint density at radius 2 is 1.59 bits per heavy atom. The maximum atomic E-state index is 12.6. The summed E-state index contributed by atoms with van der Waals surface area (Å²) in [5, 5.41) is 0. The van der Waals surface area contributed by atoms with Gasteiger partial charge in [-0.05, 0) is 36.0 Å². The molecule has 4 heteroatoms. The summed E-state index contributed by atoms with van der Waals surface area (Å²) in [5.41, 5.74) is 3.49. The molecule has 116 valence electrons. The Kier molecular flexibility index (Phi) is 4.60. The third-order valence-electron chi connectivity index (χ3n) is 4.20. The lowest BCUT2D eigenvalue weighted by molar-refractivity contribution is 0.410. The lowest BCUT2D eigenvalue weighted by atomic mass is 10.0. The molecule has 0 fully saturated rings. The van der Waals surface area contributed by atoms with E-state index in [1.807, 2.05) is 48.5 Å². The molecule has 0 aromatic heterocycles. The predicted molar refractivity (Wildman–Crippen MR) is 89.1 cm³/mol. The molecule has 0 aliphatic carbocycles. The minimum Gasteiger partial charge on any atom is -0.212 e. The second-order valence-electron chi connectivity index (χ2n) is 5.76. The number of rotatable bonds is 4. The molecular weight excluding hydrogens is 294 g/mol. The van der Waals surface area contributed by atoms with Crippen LogP contribution in [0.4, 0.5) is 0 Å². The highest BCUT2D eigenvalue weighted by molar-refractivity contribution is 7.89. The summed E-state index contributed by atoms with van der Waals surface area (Å²) in [7, 11) is -3.21. The quantitative estimate of drug-likeness (QED) is 0.870. The van der Waals surface area contributed by atoms with E-state index in [4.69, 9.17) is 0 Å². The fourth-order valence-electron chi connectivity index (χ4n) is 2.93. The third-order valence-corrected chi connectivity index (χ3v) is 6.02. The van der Waals surface area contributed by atoms with Gasteiger partial charge in [0, 0.05) is 13.1 Å². The van der Waals surface area contributed by atoms with Gasteiger partial charge in [-0.2, -0.15) is 4.31 Å². The van der Waals surface area contributed by atoms with Crippen LogP contribution in [-0.2, 0) is 29.4 Å². The Bertz CT molecular complexity index is 726. The van der Waals surface area contributed by atoms with E-state index in [0.717, 1.165) is 24.0 Å². The molecule has 0 radical (unpaired) electrons. The minimum atomic E-state index is -3.21. The zero-order valence-electron chi connectivity index (χ0n) is 12.6. The van der Waals surface area contributed by atoms with Gasteiger partial charge in [-0.25, -0.2) is 8.42 Å². The highest BCUT2D eigenvalue weighted by Gasteiger charge is 2.24. The van der Waals surface area contributed by atoms with Crippen LogP contribution in [0.15, 0.2) is 54.6 Å². The van der Waals surface area contributed by atoms with E-state index in [-0.39, 0.29) is 5.75 Å². The number of nitrogens with zero attached hydrogens (tertiary/aromatic N) is 1. The first-order valence-corrected chi connectivity index (χ1v) is 9.34. The highest BCUT2D eigenvalue weighted by Crippen LogP contribution is 2.21. The van der Waals surface area contributed by atoms with Crippen molar-refractivity contribution in [2.24, 2.45) is 0 Å². The molecule has 2 aromatic carbocycles. The predicted octanol–water partition coefficient (Wildman–Crippen LogP) is 3.01. The molecular formula is C18H21NO2S. The first-order valence-electron chi connectivity index (χ1n) is 7.74. The zero-order chi connectivity index (χ0) is 15.4. The van der Waals surface area contributed by atoms with Crippen LogP contribution in [0.2, 0.25) is 0 Å². The Morgan fingerprint density at radius 1 is 0.909 bits per heavy atom. The van der Waals surface area contributed by atoms with Crippen LogP contribution in [0.1, 0.15) is 23.1 Å². The van der Waals surface area contributed by atoms with Crippen LogP contribution in [-0.4, -0.2) is 25.0 Å². The van der Waals surface area contributed by atoms with E-state index >= 15 is 0 Å². The standard InChI is InChI=1S/C18H21NO2S/c20-22(21,14-12-16-7-2-1-3-8-16)19-13-6-11-17-9-4-5-10-18(17)15-19/h1-5,7-10H,6,11-15H2. The third kappa shape index (κ3) is 3.57. The van der Waals surface area contributed by atoms with Crippen molar-refractivity contribution < 1.29 is 8.42 Å². The summed E-state index contributed by atoms with van der Waals surface area (Å²) < 4.78 is 26.9. The summed E-state index contributed by atoms with van der Waals surface area (Å²) in [6, 6.07) is 18.0. The molecule has 0 spiro atoms. The summed E-state index contributed by atoms with van der Waals surface area (Å²) in [4.78, 5) is 0. The van der Waals surface area contributed by atoms with Crippen LogP contribution >= 0.6 is 0 Å². The lowest BCUT2D eigenvalue weighted by Gasteiger charge is -2.20. The molecule has 0 saturated heterocycles. The van der Waals surface area contributed by atoms with Gasteiger partial charge >= 0.3 is 0 Å². The number of benzene rings is 2. The summed E-state index contributed by atoms with van der Waals surface area (Å²) in [6.45, 7) is 1.12. The number of hydrogen-bond donors (Lipinski definition) is 0. The monoisotopic (exact) mass is 315 g/mol. The van der Waals surface area contributed by atoms with Crippen molar-refractivity contribution in [2.75, 3.05) is 12.3 Å². The highest BCUT2D eigenvalue weighted by atomic mass is 32.2. The average molecular weight is 315 g/mol. The molecule has 3 nitrogen and oxygen atoms in total. The van der Waals surface area contributed by atoms with Crippen molar-refractivity contribution in [3.05, 3.63) is 71.3 Å². The van der Waals surface area contributed by atoms with Crippen LogP contribution in [0.25, 0.3) is 0 Å². The van der Waals surface area contributed by atoms with Gasteiger partial charge in [0.05, 0.1) is 5.75 Å². The molecule has 2 aromatic rings. The van der Waals surface area contributed by atoms with Gasteiger partial charge in [-0.3, -0.25) is 0 Å². The van der Waals surface area contributed by atoms with Gasteiger partial charge in [0.25, 0.3) is 0 Å². The number of fused-ring (bicyclic) bond motifs is 1. The molecule has 0 atom stereocenters. The Morgan fingerprint density at radius 3 is 2.36 bits per heavy atom. The molecule has 0 unspecified atom stereocenters. The molecule has 1 heterocycles. The largest absolute Gasteiger partial charge is 0.214 e. The van der Waals surface area contributed by atoms with Crippen molar-refractivity contribution in [1.82, 2.24) is 4.31 Å². The van der Waals surface area contributed by atoms with Crippen molar-refractivity contribution in [3.8, 4) is 0 Å². The van der Waals surface area contributed by atoms with Crippen LogP contribution in [0, 0.1) is 0 Å². The first-order chi connectivity index (χ1) is 10.6. The van der Waals surface area contributed by atoms with Gasteiger partial charge < -0.3 is 0 Å². The number of sulfonamides is 1. The van der Waals surface area contributed by atoms with Crippen LogP contribution < -0.4 is 0 Å². The average Bonchev–Trinajstić information content (AvgIpc) is 2.77. The Labute approximate surface area is 132 Å². The number of hydrogen-bond acceptors (Lipinski definition) is 2. The Hall–Kier alpha value is -1.65. The van der Waals surface area contributed by atoms with Crippen molar-refractivity contribution in [3.63, 3.8) is 0 Å². The molecule has 1 aliphatic heterocycles. The van der Waals surface area contributed by atoms with E-state index in [1.165, 1.54) is 5.56 Å². The normalized spacial score (nSPS) is 16.0. The van der Waals surface area contributed by atoms with Gasteiger partial charge in [0.2, 0.25) is 10.0 Å². The topological polar surface area (TPSA) is 37.4 Å². The van der Waals surface area contributed by atoms with E-state index in [2.05, 4.69) is 6.07 Å². The second-order valence-corrected chi connectivity index (χ2v) is 7.85. The summed E-state index contributed by atoms with van der Waals surface area (Å²) in [5.74, 6) is 0.180. The van der Waals surface area contributed by atoms with E-state index in [9.17, 15) is 8.42 Å². The van der Waals surface area contributed by atoms with Crippen molar-refractivity contribution in [1.29, 1.82) is 0 Å². The van der Waals surface area contributed by atoms with E-state index in [1.54, 1.807) is 4.31 Å². The van der Waals surface area contributed by atoms with Crippen LogP contribution in [0.3, 0.4) is 0 Å². The van der Waals surface area contributed by atoms with Gasteiger partial charge in [0.15, 0.2) is 0 Å². The summed E-state index contributed by atoms with van der Waals surface area (Å²) >= 11 is 0. The van der Waals surface area contributed by atoms with Crippen molar-refractivity contribution in [2.45, 2.75) is 25.8 Å². The van der Waals surface area contributed by atoms with Crippen LogP contribution in [0.5, 0.6) is 0 Å². The van der Waals surface area contributed by atoms with E-state index < -0.39 is 10.0 Å². The molecule has 0 saturated carbocycles. The smallest absolute Gasteiger partial charge is 0.212 e. The molecule has 3 rings (SSSR count). The maximum Gasteiger partial charge on any atom is 0.214 e. The van der Waals surface area contributed by atoms with Gasteiger partial charge in [-0.15, -0.1) is 0 Å². The fraction of sp³-hybridized carbons (Fsp3) is 0.333. The van der Waals surface area contributed by atoms with Gasteiger partial charge in [-0.1, -0.05) is 54.6 Å². The lowest BCUT2D eigenvalue weighted by Crippen LogP contribution is -2.33. The fourth-order valence-corrected chi connectivity index (χ4v) is 4.42. The van der Waals surface area contributed by atoms with E-state index in [0.29, 0.717) is 19.5 Å². The van der Waals surface area contributed by atoms with Gasteiger partial charge in [0.1, 0.15) is 0 Å². The zero-order valence-corrected chi connectivity index (χ0v) is 13.4. The first kappa shape index (κ1) is 15.3. The second kappa shape index (κ2) is 6.63. The molecule has 0 bridgehead atoms. The SMILES string of the molecule is O=S(=O)(CCc1ccccc1)N1CCCc2ccccc2C1. The maximum absolute atomic E-state index is 12.6. The Balaban J connectivity index is 1.72. The minimum absolute atomic E-state index is 0.180. The summed E-state index contributed by atoms with van der Waals surface area (Å²) in [6.07, 6.45) is 2.42. The number of aryl methyl sites for hydroxylation is 2. The molecule has 22 heavy (non-hydrogen) atoms. The molecule has 0 amide bonds. The molecule has 1 aliphatic rings. The molecule has 0 N–H and O–H groups in total. The van der Waals surface area contributed by atoms with Crippen molar-refractivity contribution >= 4 is 10.0 Å².